The monoisotopic (exact) mass is 397 g/mol. The number of anilines is 1. The van der Waals surface area contributed by atoms with Gasteiger partial charge in [0.1, 0.15) is 11.6 Å². The summed E-state index contributed by atoms with van der Waals surface area (Å²) in [5.41, 5.74) is 1.73. The molecule has 3 aromatic rings. The highest BCUT2D eigenvalue weighted by atomic mass is 16.5. The van der Waals surface area contributed by atoms with E-state index in [0.717, 1.165) is 56.0 Å². The number of para-hydroxylation sites is 2. The molecule has 5 rings (SSSR count). The minimum Gasteiger partial charge on any atom is -0.423 e. The molecule has 154 valence electrons. The van der Waals surface area contributed by atoms with Crippen LogP contribution < -0.4 is 4.90 Å². The number of hydrogen-bond donors (Lipinski definition) is 0. The molecule has 0 bridgehead atoms. The summed E-state index contributed by atoms with van der Waals surface area (Å²) in [6.45, 7) is 8.59. The van der Waals surface area contributed by atoms with Gasteiger partial charge in [-0.1, -0.05) is 17.3 Å². The highest BCUT2D eigenvalue weighted by Gasteiger charge is 2.31. The lowest BCUT2D eigenvalue weighted by Gasteiger charge is -2.34. The Hall–Kier alpha value is -2.45. The topological polar surface area (TPSA) is 80.7 Å². The van der Waals surface area contributed by atoms with Crippen LogP contribution in [0.2, 0.25) is 0 Å². The van der Waals surface area contributed by atoms with Crippen molar-refractivity contribution in [3.05, 3.63) is 36.0 Å². The van der Waals surface area contributed by atoms with Crippen molar-refractivity contribution in [2.24, 2.45) is 0 Å². The molecule has 8 nitrogen and oxygen atoms in total. The maximum atomic E-state index is 5.90. The Morgan fingerprint density at radius 1 is 1.07 bits per heavy atom. The lowest BCUT2D eigenvalue weighted by Crippen LogP contribution is -2.42. The number of aromatic nitrogens is 3. The number of ether oxygens (including phenoxy) is 1. The van der Waals surface area contributed by atoms with E-state index in [-0.39, 0.29) is 12.0 Å². The lowest BCUT2D eigenvalue weighted by molar-refractivity contribution is -0.0450. The molecule has 0 N–H and O–H groups in total. The van der Waals surface area contributed by atoms with Crippen LogP contribution in [0.3, 0.4) is 0 Å². The second-order valence-corrected chi connectivity index (χ2v) is 8.16. The Kier molecular flexibility index (Phi) is 4.97. The van der Waals surface area contributed by atoms with E-state index in [1.54, 1.807) is 0 Å². The van der Waals surface area contributed by atoms with Crippen molar-refractivity contribution in [3.63, 3.8) is 0 Å². The van der Waals surface area contributed by atoms with E-state index in [4.69, 9.17) is 18.7 Å². The Labute approximate surface area is 169 Å². The van der Waals surface area contributed by atoms with Crippen molar-refractivity contribution in [2.45, 2.75) is 44.8 Å². The van der Waals surface area contributed by atoms with Gasteiger partial charge in [-0.15, -0.1) is 0 Å². The van der Waals surface area contributed by atoms with E-state index in [2.05, 4.69) is 33.8 Å². The van der Waals surface area contributed by atoms with Crippen LogP contribution in [0, 0.1) is 0 Å². The SMILES string of the molecule is CC(C)N1CCOC(c2noc(C3CCN(c4nc5ccccc5o4)CC3)n2)C1. The average Bonchev–Trinajstić information content (AvgIpc) is 3.41. The minimum atomic E-state index is -0.108. The minimum absolute atomic E-state index is 0.108. The molecule has 2 saturated heterocycles. The summed E-state index contributed by atoms with van der Waals surface area (Å²) in [7, 11) is 0. The number of fused-ring (bicyclic) bond motifs is 1. The third-order valence-electron chi connectivity index (χ3n) is 5.97. The highest BCUT2D eigenvalue weighted by molar-refractivity contribution is 5.74. The van der Waals surface area contributed by atoms with E-state index in [1.165, 1.54) is 0 Å². The quantitative estimate of drug-likeness (QED) is 0.663. The Balaban J connectivity index is 1.22. The predicted molar refractivity (Wildman–Crippen MR) is 108 cm³/mol. The van der Waals surface area contributed by atoms with E-state index in [9.17, 15) is 0 Å². The molecule has 0 saturated carbocycles. The molecule has 2 fully saturated rings. The second kappa shape index (κ2) is 7.76. The molecular formula is C21H27N5O3. The number of nitrogens with zero attached hydrogens (tertiary/aromatic N) is 5. The number of morpholine rings is 1. The van der Waals surface area contributed by atoms with Crippen molar-refractivity contribution in [2.75, 3.05) is 37.7 Å². The highest BCUT2D eigenvalue weighted by Crippen LogP contribution is 2.32. The largest absolute Gasteiger partial charge is 0.423 e. The molecule has 1 atom stereocenters. The first-order valence-corrected chi connectivity index (χ1v) is 10.5. The van der Waals surface area contributed by atoms with Crippen molar-refractivity contribution >= 4 is 17.1 Å². The van der Waals surface area contributed by atoms with Gasteiger partial charge in [-0.25, -0.2) is 0 Å². The second-order valence-electron chi connectivity index (χ2n) is 8.16. The van der Waals surface area contributed by atoms with Crippen molar-refractivity contribution in [1.29, 1.82) is 0 Å². The van der Waals surface area contributed by atoms with Crippen LogP contribution in [0.5, 0.6) is 0 Å². The molecule has 0 amide bonds. The van der Waals surface area contributed by atoms with Gasteiger partial charge in [-0.3, -0.25) is 4.90 Å². The zero-order chi connectivity index (χ0) is 19.8. The van der Waals surface area contributed by atoms with E-state index in [1.807, 2.05) is 24.3 Å². The molecule has 2 aliphatic heterocycles. The van der Waals surface area contributed by atoms with Crippen LogP contribution in [0.1, 0.15) is 50.4 Å². The molecule has 29 heavy (non-hydrogen) atoms. The van der Waals surface area contributed by atoms with Gasteiger partial charge < -0.3 is 18.6 Å². The van der Waals surface area contributed by atoms with Gasteiger partial charge in [0.2, 0.25) is 11.7 Å². The fourth-order valence-electron chi connectivity index (χ4n) is 4.15. The molecule has 0 spiro atoms. The van der Waals surface area contributed by atoms with Gasteiger partial charge in [0.15, 0.2) is 5.58 Å². The molecule has 2 aromatic heterocycles. The van der Waals surface area contributed by atoms with Gasteiger partial charge in [0.25, 0.3) is 6.01 Å². The number of rotatable bonds is 4. The van der Waals surface area contributed by atoms with Crippen LogP contribution >= 0.6 is 0 Å². The number of oxazole rings is 1. The van der Waals surface area contributed by atoms with E-state index < -0.39 is 0 Å². The van der Waals surface area contributed by atoms with Gasteiger partial charge in [0, 0.05) is 38.1 Å². The van der Waals surface area contributed by atoms with Crippen LogP contribution in [-0.2, 0) is 4.74 Å². The lowest BCUT2D eigenvalue weighted by atomic mass is 9.97. The van der Waals surface area contributed by atoms with Crippen LogP contribution in [-0.4, -0.2) is 58.9 Å². The van der Waals surface area contributed by atoms with Crippen LogP contribution in [0.4, 0.5) is 6.01 Å². The van der Waals surface area contributed by atoms with E-state index in [0.29, 0.717) is 24.5 Å². The standard InChI is InChI=1S/C21H27N5O3/c1-14(2)26-11-12-27-18(13-26)19-23-20(29-24-19)15-7-9-25(10-8-15)21-22-16-5-3-4-6-17(16)28-21/h3-6,14-15,18H,7-13H2,1-2H3. The Bertz CT molecular complexity index is 927. The molecule has 1 unspecified atom stereocenters. The number of benzene rings is 1. The van der Waals surface area contributed by atoms with Crippen molar-refractivity contribution in [1.82, 2.24) is 20.0 Å². The molecule has 8 heteroatoms. The summed E-state index contributed by atoms with van der Waals surface area (Å²) in [4.78, 5) is 13.9. The smallest absolute Gasteiger partial charge is 0.298 e. The number of hydrogen-bond acceptors (Lipinski definition) is 8. The molecule has 2 aliphatic rings. The first kappa shape index (κ1) is 18.6. The van der Waals surface area contributed by atoms with Crippen LogP contribution in [0.25, 0.3) is 11.1 Å². The molecule has 0 aliphatic carbocycles. The first-order chi connectivity index (χ1) is 14.2. The van der Waals surface area contributed by atoms with Crippen LogP contribution in [0.15, 0.2) is 33.2 Å². The summed E-state index contributed by atoms with van der Waals surface area (Å²) in [6.07, 6.45) is 1.76. The summed E-state index contributed by atoms with van der Waals surface area (Å²) in [5, 5.41) is 4.23. The number of piperidine rings is 1. The average molecular weight is 397 g/mol. The zero-order valence-electron chi connectivity index (χ0n) is 17.0. The van der Waals surface area contributed by atoms with Gasteiger partial charge in [-0.2, -0.15) is 9.97 Å². The Morgan fingerprint density at radius 3 is 2.69 bits per heavy atom. The third kappa shape index (κ3) is 3.74. The molecule has 1 aromatic carbocycles. The third-order valence-corrected chi connectivity index (χ3v) is 5.97. The van der Waals surface area contributed by atoms with Crippen molar-refractivity contribution in [3.8, 4) is 0 Å². The van der Waals surface area contributed by atoms with Gasteiger partial charge in [0.05, 0.1) is 6.61 Å². The summed E-state index contributed by atoms with van der Waals surface area (Å²) in [6, 6.07) is 9.05. The fraction of sp³-hybridized carbons (Fsp3) is 0.571. The predicted octanol–water partition coefficient (Wildman–Crippen LogP) is 3.38. The van der Waals surface area contributed by atoms with E-state index >= 15 is 0 Å². The van der Waals surface area contributed by atoms with Gasteiger partial charge in [-0.05, 0) is 38.8 Å². The van der Waals surface area contributed by atoms with Gasteiger partial charge >= 0.3 is 0 Å². The Morgan fingerprint density at radius 2 is 1.90 bits per heavy atom. The normalized spacial score (nSPS) is 22.0. The summed E-state index contributed by atoms with van der Waals surface area (Å²) < 4.78 is 17.4. The first-order valence-electron chi connectivity index (χ1n) is 10.5. The zero-order valence-corrected chi connectivity index (χ0v) is 17.0. The summed E-state index contributed by atoms with van der Waals surface area (Å²) >= 11 is 0. The molecular weight excluding hydrogens is 370 g/mol. The maximum absolute atomic E-state index is 5.90. The van der Waals surface area contributed by atoms with Crippen molar-refractivity contribution < 1.29 is 13.7 Å². The fourth-order valence-corrected chi connectivity index (χ4v) is 4.15. The molecule has 4 heterocycles. The maximum Gasteiger partial charge on any atom is 0.298 e. The summed E-state index contributed by atoms with van der Waals surface area (Å²) in [5.74, 6) is 1.66. The molecule has 0 radical (unpaired) electrons.